The molecule has 0 spiro atoms. The van der Waals surface area contributed by atoms with Gasteiger partial charge in [-0.05, 0) is 13.8 Å². The fourth-order valence-corrected chi connectivity index (χ4v) is 4.49. The van der Waals surface area contributed by atoms with Gasteiger partial charge in [-0.2, -0.15) is 0 Å². The maximum atomic E-state index is 3.60. The van der Waals surface area contributed by atoms with Gasteiger partial charge in [0.15, 0.2) is 0 Å². The summed E-state index contributed by atoms with van der Waals surface area (Å²) >= 11 is 4.09. The van der Waals surface area contributed by atoms with Gasteiger partial charge in [0, 0.05) is 24.6 Å². The Morgan fingerprint density at radius 1 is 0.917 bits per heavy atom. The summed E-state index contributed by atoms with van der Waals surface area (Å²) in [6.07, 6.45) is 0. The van der Waals surface area contributed by atoms with Crippen LogP contribution in [0.4, 0.5) is 0 Å². The van der Waals surface area contributed by atoms with Crippen molar-refractivity contribution in [3.05, 3.63) is 0 Å². The molecule has 2 nitrogen and oxygen atoms in total. The van der Waals surface area contributed by atoms with Crippen molar-refractivity contribution in [2.75, 3.05) is 24.6 Å². The van der Waals surface area contributed by atoms with Gasteiger partial charge >= 0.3 is 0 Å². The third-order valence-corrected chi connectivity index (χ3v) is 6.03. The van der Waals surface area contributed by atoms with Gasteiger partial charge in [-0.15, -0.1) is 23.5 Å². The molecule has 70 valence electrons. The van der Waals surface area contributed by atoms with E-state index in [-0.39, 0.29) is 9.74 Å². The van der Waals surface area contributed by atoms with E-state index in [1.54, 1.807) is 0 Å². The summed E-state index contributed by atoms with van der Waals surface area (Å²) in [5.41, 5.74) is 0. The molecular weight excluding hydrogens is 188 g/mol. The Morgan fingerprint density at radius 2 is 1.33 bits per heavy atom. The first-order valence-electron chi connectivity index (χ1n) is 4.44. The first-order chi connectivity index (χ1) is 5.66. The van der Waals surface area contributed by atoms with Crippen LogP contribution in [0.5, 0.6) is 0 Å². The molecule has 2 aliphatic heterocycles. The lowest BCUT2D eigenvalue weighted by atomic mass is 10.1. The smallest absolute Gasteiger partial charge is 0.0893 e. The summed E-state index contributed by atoms with van der Waals surface area (Å²) in [7, 11) is 0. The zero-order valence-electron chi connectivity index (χ0n) is 7.64. The number of thioether (sulfide) groups is 2. The maximum absolute atomic E-state index is 3.60. The summed E-state index contributed by atoms with van der Waals surface area (Å²) in [6, 6.07) is 0. The summed E-state index contributed by atoms with van der Waals surface area (Å²) in [5, 5.41) is 7.19. The Kier molecular flexibility index (Phi) is 2.36. The Bertz CT molecular complexity index is 152. The average molecular weight is 204 g/mol. The van der Waals surface area contributed by atoms with Crippen LogP contribution in [0.2, 0.25) is 0 Å². The second kappa shape index (κ2) is 3.08. The normalized spacial score (nSPS) is 48.5. The summed E-state index contributed by atoms with van der Waals surface area (Å²) < 4.78 is 0. The number of hydrogen-bond donors (Lipinski definition) is 2. The van der Waals surface area contributed by atoms with Crippen LogP contribution >= 0.6 is 23.5 Å². The van der Waals surface area contributed by atoms with Crippen LogP contribution in [0.15, 0.2) is 0 Å². The van der Waals surface area contributed by atoms with Crippen molar-refractivity contribution < 1.29 is 0 Å². The molecule has 0 saturated carbocycles. The number of hydrogen-bond acceptors (Lipinski definition) is 4. The first-order valence-corrected chi connectivity index (χ1v) is 6.41. The van der Waals surface area contributed by atoms with Gasteiger partial charge in [-0.1, -0.05) is 0 Å². The average Bonchev–Trinajstić information content (AvgIpc) is 2.60. The van der Waals surface area contributed by atoms with Crippen molar-refractivity contribution >= 4 is 23.5 Å². The number of nitrogens with one attached hydrogen (secondary N) is 2. The predicted octanol–water partition coefficient (Wildman–Crippen LogP) is 1.09. The minimum absolute atomic E-state index is 0.230. The highest BCUT2D eigenvalue weighted by atomic mass is 32.2. The van der Waals surface area contributed by atoms with E-state index in [2.05, 4.69) is 24.5 Å². The molecule has 0 amide bonds. The standard InChI is InChI=1S/C8H16N2S2/c1-7(9-3-5-11-7)8(2)10-4-6-12-8/h9-10H,3-6H2,1-2H3. The van der Waals surface area contributed by atoms with E-state index in [0.29, 0.717) is 0 Å². The van der Waals surface area contributed by atoms with Crippen LogP contribution in [0.1, 0.15) is 13.8 Å². The van der Waals surface area contributed by atoms with Crippen molar-refractivity contribution in [3.8, 4) is 0 Å². The number of rotatable bonds is 1. The van der Waals surface area contributed by atoms with Gasteiger partial charge < -0.3 is 0 Å². The van der Waals surface area contributed by atoms with Crippen molar-refractivity contribution in [3.63, 3.8) is 0 Å². The monoisotopic (exact) mass is 204 g/mol. The van der Waals surface area contributed by atoms with Gasteiger partial charge in [0.1, 0.15) is 0 Å². The minimum atomic E-state index is 0.230. The second-order valence-electron chi connectivity index (χ2n) is 3.62. The minimum Gasteiger partial charge on any atom is -0.300 e. The Balaban J connectivity index is 2.14. The largest absolute Gasteiger partial charge is 0.300 e. The van der Waals surface area contributed by atoms with Crippen LogP contribution in [-0.2, 0) is 0 Å². The fraction of sp³-hybridized carbons (Fsp3) is 1.00. The van der Waals surface area contributed by atoms with Crippen molar-refractivity contribution in [1.82, 2.24) is 10.6 Å². The van der Waals surface area contributed by atoms with E-state index < -0.39 is 0 Å². The molecular formula is C8H16N2S2. The summed E-state index contributed by atoms with van der Waals surface area (Å²) in [6.45, 7) is 6.93. The molecule has 0 radical (unpaired) electrons. The Hall–Kier alpha value is 0.620. The molecule has 0 bridgehead atoms. The third-order valence-electron chi connectivity index (χ3n) is 2.82. The van der Waals surface area contributed by atoms with E-state index in [1.165, 1.54) is 11.5 Å². The lowest BCUT2D eigenvalue weighted by Gasteiger charge is -2.40. The van der Waals surface area contributed by atoms with Crippen LogP contribution in [0.3, 0.4) is 0 Å². The molecule has 0 aromatic heterocycles. The lowest BCUT2D eigenvalue weighted by molar-refractivity contribution is 0.379. The molecule has 2 atom stereocenters. The maximum Gasteiger partial charge on any atom is 0.0893 e. The van der Waals surface area contributed by atoms with Gasteiger partial charge in [0.25, 0.3) is 0 Å². The quantitative estimate of drug-likeness (QED) is 0.668. The molecule has 4 heteroatoms. The fourth-order valence-electron chi connectivity index (χ4n) is 1.80. The Morgan fingerprint density at radius 3 is 1.58 bits per heavy atom. The molecule has 2 unspecified atom stereocenters. The van der Waals surface area contributed by atoms with Gasteiger partial charge in [-0.3, -0.25) is 10.6 Å². The summed E-state index contributed by atoms with van der Waals surface area (Å²) in [4.78, 5) is 0.461. The van der Waals surface area contributed by atoms with E-state index in [9.17, 15) is 0 Å². The lowest BCUT2D eigenvalue weighted by Crippen LogP contribution is -2.57. The van der Waals surface area contributed by atoms with E-state index in [0.717, 1.165) is 13.1 Å². The molecule has 0 aromatic carbocycles. The van der Waals surface area contributed by atoms with Gasteiger partial charge in [-0.25, -0.2) is 0 Å². The summed E-state index contributed by atoms with van der Waals surface area (Å²) in [5.74, 6) is 2.49. The van der Waals surface area contributed by atoms with Crippen molar-refractivity contribution in [2.45, 2.75) is 23.6 Å². The zero-order chi connectivity index (χ0) is 8.66. The highest BCUT2D eigenvalue weighted by Crippen LogP contribution is 2.45. The van der Waals surface area contributed by atoms with Gasteiger partial charge in [0.05, 0.1) is 9.74 Å². The molecule has 2 rings (SSSR count). The molecule has 2 heterocycles. The molecule has 0 aliphatic carbocycles. The molecule has 2 fully saturated rings. The van der Waals surface area contributed by atoms with E-state index in [4.69, 9.17) is 0 Å². The molecule has 2 N–H and O–H groups in total. The SMILES string of the molecule is CC1(C2(C)NCCS2)NCCS1. The molecule has 12 heavy (non-hydrogen) atoms. The Labute approximate surface area is 82.6 Å². The molecule has 0 aromatic rings. The van der Waals surface area contributed by atoms with Crippen LogP contribution in [0.25, 0.3) is 0 Å². The van der Waals surface area contributed by atoms with E-state index in [1.807, 2.05) is 23.5 Å². The second-order valence-corrected chi connectivity index (χ2v) is 6.64. The van der Waals surface area contributed by atoms with Crippen LogP contribution in [0, 0.1) is 0 Å². The van der Waals surface area contributed by atoms with Crippen LogP contribution < -0.4 is 10.6 Å². The molecule has 2 aliphatic rings. The third kappa shape index (κ3) is 1.29. The van der Waals surface area contributed by atoms with Crippen molar-refractivity contribution in [1.29, 1.82) is 0 Å². The van der Waals surface area contributed by atoms with E-state index >= 15 is 0 Å². The highest BCUT2D eigenvalue weighted by Gasteiger charge is 2.49. The highest BCUT2D eigenvalue weighted by molar-refractivity contribution is 8.05. The van der Waals surface area contributed by atoms with Gasteiger partial charge in [0.2, 0.25) is 0 Å². The topological polar surface area (TPSA) is 24.1 Å². The first kappa shape index (κ1) is 9.19. The molecule has 2 saturated heterocycles. The predicted molar refractivity (Wildman–Crippen MR) is 57.7 cm³/mol. The van der Waals surface area contributed by atoms with Crippen LogP contribution in [-0.4, -0.2) is 34.3 Å². The zero-order valence-corrected chi connectivity index (χ0v) is 9.28. The van der Waals surface area contributed by atoms with Crippen molar-refractivity contribution in [2.24, 2.45) is 0 Å².